The molecule has 1 heterocycles. The van der Waals surface area contributed by atoms with Crippen molar-refractivity contribution in [2.24, 2.45) is 11.8 Å². The van der Waals surface area contributed by atoms with Crippen LogP contribution in [0.15, 0.2) is 6.20 Å². The molecule has 0 saturated heterocycles. The molecule has 0 aromatic carbocycles. The van der Waals surface area contributed by atoms with Gasteiger partial charge in [0.2, 0.25) is 0 Å². The molecule has 30 heavy (non-hydrogen) atoms. The Hall–Kier alpha value is -2.38. The number of H-pyrrole nitrogens is 1. The van der Waals surface area contributed by atoms with Gasteiger partial charge in [0.1, 0.15) is 11.8 Å². The molecule has 2 atom stereocenters. The largest absolute Gasteiger partial charge is 0.462 e. The fourth-order valence-corrected chi connectivity index (χ4v) is 3.26. The van der Waals surface area contributed by atoms with E-state index < -0.39 is 22.7 Å². The van der Waals surface area contributed by atoms with Crippen LogP contribution in [0.3, 0.4) is 0 Å². The van der Waals surface area contributed by atoms with Gasteiger partial charge in [-0.3, -0.25) is 0 Å². The van der Waals surface area contributed by atoms with E-state index in [2.05, 4.69) is 18.8 Å². The summed E-state index contributed by atoms with van der Waals surface area (Å²) in [7, 11) is 0. The topological polar surface area (TPSA) is 112 Å². The number of carbonyl (C=O) groups is 2. The summed E-state index contributed by atoms with van der Waals surface area (Å²) in [6.07, 6.45) is 8.88. The first kappa shape index (κ1) is 25.7. The van der Waals surface area contributed by atoms with Crippen LogP contribution in [0.5, 0.6) is 0 Å². The van der Waals surface area contributed by atoms with E-state index in [1.54, 1.807) is 0 Å². The fourth-order valence-electron chi connectivity index (χ4n) is 3.26. The average molecular weight is 425 g/mol. The van der Waals surface area contributed by atoms with Gasteiger partial charge >= 0.3 is 17.8 Å². The molecule has 0 saturated carbocycles. The number of ether oxygens (including phenoxy) is 2. The van der Waals surface area contributed by atoms with Crippen molar-refractivity contribution in [3.63, 3.8) is 0 Å². The van der Waals surface area contributed by atoms with Gasteiger partial charge in [0, 0.05) is 0 Å². The minimum absolute atomic E-state index is 0.154. The minimum Gasteiger partial charge on any atom is -0.462 e. The predicted molar refractivity (Wildman–Crippen MR) is 115 cm³/mol. The second-order valence-electron chi connectivity index (χ2n) is 7.71. The molecule has 0 fully saturated rings. The molecule has 0 aliphatic rings. The molecule has 8 heteroatoms. The first-order valence-corrected chi connectivity index (χ1v) is 11.1. The number of hydrogen-bond donors (Lipinski definition) is 1. The standard InChI is InChI=1S/C22H36N2O6/c1-5-9-11-16(7-3)14-29-21(25)18-13-23-20(24(27)28)19(18)22(26)30-15-17(8-4)12-10-6-2/h13,16-17,23H,5-12,14-15H2,1-4H3. The number of aromatic nitrogens is 1. The van der Waals surface area contributed by atoms with Crippen molar-refractivity contribution in [1.82, 2.24) is 4.98 Å². The number of nitro groups is 1. The van der Waals surface area contributed by atoms with Gasteiger partial charge in [-0.2, -0.15) is 0 Å². The molecule has 1 aromatic rings. The third-order valence-electron chi connectivity index (χ3n) is 5.45. The number of esters is 2. The van der Waals surface area contributed by atoms with Crippen molar-refractivity contribution in [3.8, 4) is 0 Å². The van der Waals surface area contributed by atoms with Gasteiger partial charge in [0.25, 0.3) is 0 Å². The Kier molecular flexibility index (Phi) is 11.8. The highest BCUT2D eigenvalue weighted by Crippen LogP contribution is 2.25. The maximum Gasteiger partial charge on any atom is 0.347 e. The SMILES string of the molecule is CCCCC(CC)COC(=O)c1c[nH]c([N+](=O)[O-])c1C(=O)OCC(CC)CCCC. The molecule has 1 rings (SSSR count). The second kappa shape index (κ2) is 13.8. The number of nitrogens with one attached hydrogen (secondary N) is 1. The first-order chi connectivity index (χ1) is 14.4. The third-order valence-corrected chi connectivity index (χ3v) is 5.45. The summed E-state index contributed by atoms with van der Waals surface area (Å²) in [5.41, 5.74) is -0.518. The molecular formula is C22H36N2O6. The number of nitrogens with zero attached hydrogens (tertiary/aromatic N) is 1. The van der Waals surface area contributed by atoms with Crippen LogP contribution in [-0.2, 0) is 9.47 Å². The van der Waals surface area contributed by atoms with Crippen molar-refractivity contribution in [3.05, 3.63) is 27.4 Å². The van der Waals surface area contributed by atoms with Crippen molar-refractivity contribution in [2.45, 2.75) is 79.1 Å². The van der Waals surface area contributed by atoms with Gasteiger partial charge in [-0.25, -0.2) is 14.6 Å². The summed E-state index contributed by atoms with van der Waals surface area (Å²) in [6, 6.07) is 0. The molecule has 1 aromatic heterocycles. The lowest BCUT2D eigenvalue weighted by molar-refractivity contribution is -0.389. The number of unbranched alkanes of at least 4 members (excludes halogenated alkanes) is 2. The van der Waals surface area contributed by atoms with E-state index in [-0.39, 0.29) is 36.2 Å². The molecule has 0 aliphatic heterocycles. The predicted octanol–water partition coefficient (Wildman–Crippen LogP) is 5.67. The zero-order chi connectivity index (χ0) is 22.5. The number of rotatable bonds is 15. The quantitative estimate of drug-likeness (QED) is 0.220. The molecule has 170 valence electrons. The minimum atomic E-state index is -0.872. The van der Waals surface area contributed by atoms with Crippen LogP contribution in [0.2, 0.25) is 0 Å². The second-order valence-corrected chi connectivity index (χ2v) is 7.71. The normalized spacial score (nSPS) is 12.9. The van der Waals surface area contributed by atoms with E-state index >= 15 is 0 Å². The third kappa shape index (κ3) is 7.80. The van der Waals surface area contributed by atoms with Crippen LogP contribution in [-0.4, -0.2) is 35.1 Å². The Morgan fingerprint density at radius 3 is 1.90 bits per heavy atom. The Morgan fingerprint density at radius 1 is 0.967 bits per heavy atom. The Balaban J connectivity index is 2.89. The van der Waals surface area contributed by atoms with E-state index in [0.29, 0.717) is 0 Å². The van der Waals surface area contributed by atoms with Crippen LogP contribution in [0, 0.1) is 22.0 Å². The van der Waals surface area contributed by atoms with Crippen molar-refractivity contribution < 1.29 is 24.0 Å². The monoisotopic (exact) mass is 424 g/mol. The summed E-state index contributed by atoms with van der Waals surface area (Å²) in [6.45, 7) is 8.62. The Labute approximate surface area is 178 Å². The maximum atomic E-state index is 12.6. The molecule has 0 radical (unpaired) electrons. The van der Waals surface area contributed by atoms with Crippen LogP contribution < -0.4 is 0 Å². The number of hydrogen-bond acceptors (Lipinski definition) is 6. The van der Waals surface area contributed by atoms with Crippen molar-refractivity contribution in [2.75, 3.05) is 13.2 Å². The maximum absolute atomic E-state index is 12.6. The smallest absolute Gasteiger partial charge is 0.347 e. The number of aromatic amines is 1. The molecule has 0 spiro atoms. The Morgan fingerprint density at radius 2 is 1.47 bits per heavy atom. The highest BCUT2D eigenvalue weighted by molar-refractivity contribution is 6.05. The van der Waals surface area contributed by atoms with Crippen molar-refractivity contribution >= 4 is 17.8 Å². The van der Waals surface area contributed by atoms with E-state index in [0.717, 1.165) is 57.6 Å². The molecule has 8 nitrogen and oxygen atoms in total. The Bertz CT molecular complexity index is 685. The van der Waals surface area contributed by atoms with Gasteiger partial charge in [-0.15, -0.1) is 0 Å². The molecular weight excluding hydrogens is 388 g/mol. The summed E-state index contributed by atoms with van der Waals surface area (Å²) >= 11 is 0. The van der Waals surface area contributed by atoms with E-state index in [4.69, 9.17) is 9.47 Å². The summed E-state index contributed by atoms with van der Waals surface area (Å²) in [5, 5.41) is 11.3. The van der Waals surface area contributed by atoms with Crippen LogP contribution in [0.4, 0.5) is 5.82 Å². The van der Waals surface area contributed by atoms with Gasteiger partial charge < -0.3 is 19.6 Å². The molecule has 0 bridgehead atoms. The first-order valence-electron chi connectivity index (χ1n) is 11.1. The van der Waals surface area contributed by atoms with Gasteiger partial charge in [0.15, 0.2) is 5.56 Å². The molecule has 2 unspecified atom stereocenters. The highest BCUT2D eigenvalue weighted by atomic mass is 16.6. The molecule has 0 amide bonds. The van der Waals surface area contributed by atoms with E-state index in [9.17, 15) is 19.7 Å². The lowest BCUT2D eigenvalue weighted by Crippen LogP contribution is -2.19. The zero-order valence-corrected chi connectivity index (χ0v) is 18.7. The van der Waals surface area contributed by atoms with E-state index in [1.807, 2.05) is 13.8 Å². The lowest BCUT2D eigenvalue weighted by atomic mass is 10.0. The number of carbonyl (C=O) groups excluding carboxylic acids is 2. The fraction of sp³-hybridized carbons (Fsp3) is 0.727. The summed E-state index contributed by atoms with van der Waals surface area (Å²) < 4.78 is 10.7. The van der Waals surface area contributed by atoms with Crippen LogP contribution in [0.25, 0.3) is 0 Å². The van der Waals surface area contributed by atoms with Gasteiger partial charge in [0.05, 0.1) is 13.2 Å². The molecule has 1 N–H and O–H groups in total. The van der Waals surface area contributed by atoms with Gasteiger partial charge in [-0.1, -0.05) is 66.2 Å². The lowest BCUT2D eigenvalue weighted by Gasteiger charge is -2.15. The highest BCUT2D eigenvalue weighted by Gasteiger charge is 2.32. The van der Waals surface area contributed by atoms with Crippen LogP contribution in [0.1, 0.15) is 99.8 Å². The summed E-state index contributed by atoms with van der Waals surface area (Å²) in [4.78, 5) is 38.2. The summed E-state index contributed by atoms with van der Waals surface area (Å²) in [5.74, 6) is -1.76. The van der Waals surface area contributed by atoms with Crippen LogP contribution >= 0.6 is 0 Å². The zero-order valence-electron chi connectivity index (χ0n) is 18.7. The van der Waals surface area contributed by atoms with E-state index in [1.165, 1.54) is 0 Å². The van der Waals surface area contributed by atoms with Crippen molar-refractivity contribution in [1.29, 1.82) is 0 Å². The molecule has 0 aliphatic carbocycles. The van der Waals surface area contributed by atoms with Gasteiger partial charge in [-0.05, 0) is 29.6 Å². The average Bonchev–Trinajstić information content (AvgIpc) is 3.19.